The van der Waals surface area contributed by atoms with Crippen molar-refractivity contribution in [2.75, 3.05) is 0 Å². The predicted octanol–water partition coefficient (Wildman–Crippen LogP) is 2.82. The zero-order valence-electron chi connectivity index (χ0n) is 10.7. The van der Waals surface area contributed by atoms with Gasteiger partial charge in [0.25, 0.3) is 0 Å². The van der Waals surface area contributed by atoms with Crippen LogP contribution in [0, 0.1) is 23.7 Å². The molecule has 0 radical (unpaired) electrons. The van der Waals surface area contributed by atoms with Crippen LogP contribution in [0.2, 0.25) is 0 Å². The van der Waals surface area contributed by atoms with Crippen molar-refractivity contribution in [3.05, 3.63) is 17.3 Å². The second-order valence-electron chi connectivity index (χ2n) is 6.98. The Kier molecular flexibility index (Phi) is 1.88. The van der Waals surface area contributed by atoms with Crippen LogP contribution in [-0.4, -0.2) is 4.98 Å². The molecule has 2 heterocycles. The number of nitrogens with one attached hydrogen (secondary N) is 1. The largest absolute Gasteiger partial charge is 0.444 e. The summed E-state index contributed by atoms with van der Waals surface area (Å²) in [4.78, 5) is 4.81. The summed E-state index contributed by atoms with van der Waals surface area (Å²) in [6.45, 7) is 1.79. The van der Waals surface area contributed by atoms with E-state index in [0.29, 0.717) is 5.92 Å². The zero-order valence-corrected chi connectivity index (χ0v) is 10.7. The highest BCUT2D eigenvalue weighted by Gasteiger charge is 2.50. The summed E-state index contributed by atoms with van der Waals surface area (Å²) in [5.74, 6) is 6.69. The Morgan fingerprint density at radius 2 is 1.67 bits per heavy atom. The van der Waals surface area contributed by atoms with E-state index in [9.17, 15) is 0 Å². The van der Waals surface area contributed by atoms with Crippen LogP contribution < -0.4 is 5.32 Å². The molecule has 0 spiro atoms. The molecule has 0 amide bonds. The second kappa shape index (κ2) is 3.38. The van der Waals surface area contributed by atoms with Crippen molar-refractivity contribution in [3.63, 3.8) is 0 Å². The summed E-state index contributed by atoms with van der Waals surface area (Å²) >= 11 is 0. The second-order valence-corrected chi connectivity index (χ2v) is 6.98. The van der Waals surface area contributed by atoms with Crippen molar-refractivity contribution < 1.29 is 4.42 Å². The molecule has 4 fully saturated rings. The fraction of sp³-hybridized carbons (Fsp3) is 0.800. The molecular weight excluding hydrogens is 224 g/mol. The van der Waals surface area contributed by atoms with E-state index in [0.717, 1.165) is 48.4 Å². The van der Waals surface area contributed by atoms with Gasteiger partial charge in [0.15, 0.2) is 5.89 Å². The molecule has 5 aliphatic rings. The van der Waals surface area contributed by atoms with Gasteiger partial charge in [-0.2, -0.15) is 0 Å². The number of oxazole rings is 1. The quantitative estimate of drug-likeness (QED) is 0.825. The van der Waals surface area contributed by atoms with Crippen molar-refractivity contribution in [1.82, 2.24) is 10.3 Å². The molecule has 1 N–H and O–H groups in total. The summed E-state index contributed by atoms with van der Waals surface area (Å²) in [5.41, 5.74) is 1.18. The van der Waals surface area contributed by atoms with Crippen LogP contribution in [0.15, 0.2) is 4.42 Å². The molecule has 0 aromatic carbocycles. The molecule has 4 aliphatic carbocycles. The SMILES string of the molecule is C1NCc2oc(C3C4CC5CC(C4)CC3C5)nc21. The van der Waals surface area contributed by atoms with Gasteiger partial charge >= 0.3 is 0 Å². The van der Waals surface area contributed by atoms with Crippen LogP contribution in [-0.2, 0) is 13.1 Å². The minimum absolute atomic E-state index is 0.656. The van der Waals surface area contributed by atoms with E-state index in [1.54, 1.807) is 0 Å². The van der Waals surface area contributed by atoms with Gasteiger partial charge in [0.1, 0.15) is 5.76 Å². The Hall–Kier alpha value is -0.830. The molecule has 1 aromatic rings. The van der Waals surface area contributed by atoms with Crippen molar-refractivity contribution >= 4 is 0 Å². The van der Waals surface area contributed by atoms with Gasteiger partial charge in [-0.25, -0.2) is 4.98 Å². The number of hydrogen-bond acceptors (Lipinski definition) is 3. The first-order chi connectivity index (χ1) is 8.87. The summed E-state index contributed by atoms with van der Waals surface area (Å²) in [6, 6.07) is 0. The van der Waals surface area contributed by atoms with Crippen LogP contribution in [0.5, 0.6) is 0 Å². The number of rotatable bonds is 1. The van der Waals surface area contributed by atoms with Crippen LogP contribution in [0.25, 0.3) is 0 Å². The lowest BCUT2D eigenvalue weighted by Crippen LogP contribution is -2.43. The van der Waals surface area contributed by atoms with Crippen LogP contribution in [0.3, 0.4) is 0 Å². The Balaban J connectivity index is 1.52. The summed E-state index contributed by atoms with van der Waals surface area (Å²) in [5, 5.41) is 3.31. The Morgan fingerprint density at radius 1 is 0.944 bits per heavy atom. The normalized spacial score (nSPS) is 44.6. The lowest BCUT2D eigenvalue weighted by Gasteiger charge is -2.53. The molecule has 0 atom stereocenters. The minimum atomic E-state index is 0.656. The maximum atomic E-state index is 6.08. The molecule has 3 heteroatoms. The zero-order chi connectivity index (χ0) is 11.7. The van der Waals surface area contributed by atoms with E-state index >= 15 is 0 Å². The Labute approximate surface area is 107 Å². The van der Waals surface area contributed by atoms with Gasteiger partial charge < -0.3 is 9.73 Å². The topological polar surface area (TPSA) is 38.1 Å². The molecule has 0 saturated heterocycles. The highest BCUT2D eigenvalue weighted by molar-refractivity contribution is 5.18. The van der Waals surface area contributed by atoms with Gasteiger partial charge in [0, 0.05) is 12.5 Å². The molecule has 96 valence electrons. The van der Waals surface area contributed by atoms with Crippen molar-refractivity contribution in [1.29, 1.82) is 0 Å². The highest BCUT2D eigenvalue weighted by Crippen LogP contribution is 2.59. The fourth-order valence-corrected chi connectivity index (χ4v) is 5.44. The summed E-state index contributed by atoms with van der Waals surface area (Å²) in [7, 11) is 0. The molecule has 4 saturated carbocycles. The van der Waals surface area contributed by atoms with Gasteiger partial charge in [-0.15, -0.1) is 0 Å². The molecule has 18 heavy (non-hydrogen) atoms. The molecule has 0 unspecified atom stereocenters. The minimum Gasteiger partial charge on any atom is -0.444 e. The third kappa shape index (κ3) is 1.26. The maximum Gasteiger partial charge on any atom is 0.198 e. The molecule has 4 bridgehead atoms. The third-order valence-corrected chi connectivity index (χ3v) is 5.88. The van der Waals surface area contributed by atoms with Gasteiger partial charge in [-0.3, -0.25) is 0 Å². The molecule has 1 aromatic heterocycles. The van der Waals surface area contributed by atoms with Crippen LogP contribution in [0.4, 0.5) is 0 Å². The Morgan fingerprint density at radius 3 is 2.33 bits per heavy atom. The van der Waals surface area contributed by atoms with E-state index in [1.807, 2.05) is 0 Å². The molecular formula is C15H20N2O. The fourth-order valence-electron chi connectivity index (χ4n) is 5.44. The van der Waals surface area contributed by atoms with Gasteiger partial charge in [-0.1, -0.05) is 0 Å². The first kappa shape index (κ1) is 10.0. The standard InChI is InChI=1S/C15H20N2O/c1-8-2-10-4-9(1)5-11(3-8)14(10)15-17-12-6-16-7-13(12)18-15/h8-11,14,16H,1-7H2. The first-order valence-corrected chi connectivity index (χ1v) is 7.56. The lowest BCUT2D eigenvalue weighted by molar-refractivity contribution is -0.0118. The maximum absolute atomic E-state index is 6.08. The van der Waals surface area contributed by atoms with Crippen molar-refractivity contribution in [3.8, 4) is 0 Å². The average Bonchev–Trinajstić information content (AvgIpc) is 2.87. The van der Waals surface area contributed by atoms with E-state index in [-0.39, 0.29) is 0 Å². The number of nitrogens with zero attached hydrogens (tertiary/aromatic N) is 1. The van der Waals surface area contributed by atoms with Gasteiger partial charge in [0.2, 0.25) is 0 Å². The number of hydrogen-bond donors (Lipinski definition) is 1. The van der Waals surface area contributed by atoms with Gasteiger partial charge in [0.05, 0.1) is 12.2 Å². The Bertz CT molecular complexity index is 443. The average molecular weight is 244 g/mol. The predicted molar refractivity (Wildman–Crippen MR) is 66.8 cm³/mol. The summed E-state index contributed by atoms with van der Waals surface area (Å²) in [6.07, 6.45) is 7.31. The van der Waals surface area contributed by atoms with Crippen LogP contribution in [0.1, 0.15) is 55.4 Å². The van der Waals surface area contributed by atoms with E-state index in [4.69, 9.17) is 9.40 Å². The monoisotopic (exact) mass is 244 g/mol. The highest BCUT2D eigenvalue weighted by atomic mass is 16.4. The van der Waals surface area contributed by atoms with Crippen molar-refractivity contribution in [2.24, 2.45) is 23.7 Å². The number of fused-ring (bicyclic) bond motifs is 1. The van der Waals surface area contributed by atoms with Crippen molar-refractivity contribution in [2.45, 2.75) is 51.1 Å². The number of aromatic nitrogens is 1. The lowest BCUT2D eigenvalue weighted by atomic mass is 9.52. The molecule has 6 rings (SSSR count). The molecule has 3 nitrogen and oxygen atoms in total. The first-order valence-electron chi connectivity index (χ1n) is 7.56. The van der Waals surface area contributed by atoms with E-state index in [2.05, 4.69) is 5.32 Å². The molecule has 1 aliphatic heterocycles. The van der Waals surface area contributed by atoms with Gasteiger partial charge in [-0.05, 0) is 55.8 Å². The van der Waals surface area contributed by atoms with Crippen LogP contribution >= 0.6 is 0 Å². The third-order valence-electron chi connectivity index (χ3n) is 5.88. The summed E-state index contributed by atoms with van der Waals surface area (Å²) < 4.78 is 6.08. The van der Waals surface area contributed by atoms with E-state index < -0.39 is 0 Å². The van der Waals surface area contributed by atoms with E-state index in [1.165, 1.54) is 37.8 Å². The smallest absolute Gasteiger partial charge is 0.198 e.